The van der Waals surface area contributed by atoms with E-state index in [9.17, 15) is 9.90 Å². The normalized spacial score (nSPS) is 26.1. The standard InChI is InChI=1S/C19H22IN5O4/c20-15-10-29-19(27)25(15)16-9-23-6-7-28-14-8-11(3-4-12(14)18(23)22-16)24-5-1-2-13(24)17(21)26/h3-4,8-9,13,15,19,27H,1-2,5-7,10H2,(H2,21,26)/t13-,15-,19?/m0/s1. The van der Waals surface area contributed by atoms with Crippen molar-refractivity contribution in [3.05, 3.63) is 24.4 Å². The smallest absolute Gasteiger partial charge is 0.240 e. The van der Waals surface area contributed by atoms with Crippen molar-refractivity contribution in [2.24, 2.45) is 5.73 Å². The average Bonchev–Trinajstić information content (AvgIpc) is 3.39. The number of nitrogens with two attached hydrogens (primary N) is 1. The third kappa shape index (κ3) is 3.22. The summed E-state index contributed by atoms with van der Waals surface area (Å²) in [7, 11) is 0. The molecular formula is C19H22IN5O4. The van der Waals surface area contributed by atoms with E-state index in [0.29, 0.717) is 25.6 Å². The molecule has 3 N–H and O–H groups in total. The third-order valence-corrected chi connectivity index (χ3v) is 6.62. The van der Waals surface area contributed by atoms with Gasteiger partial charge < -0.3 is 29.8 Å². The molecule has 0 aliphatic carbocycles. The van der Waals surface area contributed by atoms with Gasteiger partial charge in [0.25, 0.3) is 0 Å². The Morgan fingerprint density at radius 2 is 2.21 bits per heavy atom. The van der Waals surface area contributed by atoms with Gasteiger partial charge in [-0.25, -0.2) is 4.98 Å². The number of nitrogens with zero attached hydrogens (tertiary/aromatic N) is 4. The van der Waals surface area contributed by atoms with Crippen LogP contribution < -0.4 is 20.3 Å². The van der Waals surface area contributed by atoms with Gasteiger partial charge in [-0.1, -0.05) is 22.6 Å². The van der Waals surface area contributed by atoms with Gasteiger partial charge in [0, 0.05) is 24.5 Å². The second kappa shape index (κ2) is 7.33. The van der Waals surface area contributed by atoms with E-state index in [0.717, 1.165) is 42.2 Å². The Hall–Kier alpha value is -2.05. The van der Waals surface area contributed by atoms with Crippen molar-refractivity contribution in [2.75, 3.05) is 29.6 Å². The van der Waals surface area contributed by atoms with E-state index in [-0.39, 0.29) is 16.0 Å². The molecule has 154 valence electrons. The molecule has 1 unspecified atom stereocenters. The molecule has 2 aromatic rings. The van der Waals surface area contributed by atoms with E-state index in [1.165, 1.54) is 0 Å². The fourth-order valence-electron chi connectivity index (χ4n) is 4.25. The number of carbonyl (C=O) groups excluding carboxylic acids is 1. The number of fused-ring (bicyclic) bond motifs is 3. The largest absolute Gasteiger partial charge is 0.491 e. The lowest BCUT2D eigenvalue weighted by molar-refractivity contribution is -0.119. The molecule has 10 heteroatoms. The van der Waals surface area contributed by atoms with Crippen molar-refractivity contribution in [3.63, 3.8) is 0 Å². The zero-order chi connectivity index (χ0) is 20.1. The number of rotatable bonds is 3. The predicted molar refractivity (Wildman–Crippen MR) is 115 cm³/mol. The number of anilines is 2. The minimum atomic E-state index is -0.991. The number of carbonyl (C=O) groups is 1. The Morgan fingerprint density at radius 1 is 1.34 bits per heavy atom. The topological polar surface area (TPSA) is 106 Å². The molecule has 29 heavy (non-hydrogen) atoms. The first kappa shape index (κ1) is 18.9. The second-order valence-electron chi connectivity index (χ2n) is 7.40. The third-order valence-electron chi connectivity index (χ3n) is 5.66. The molecule has 1 amide bonds. The molecule has 1 aromatic heterocycles. The molecule has 0 bridgehead atoms. The summed E-state index contributed by atoms with van der Waals surface area (Å²) < 4.78 is 13.4. The van der Waals surface area contributed by atoms with Crippen LogP contribution in [0.3, 0.4) is 0 Å². The molecule has 4 heterocycles. The summed E-state index contributed by atoms with van der Waals surface area (Å²) in [5.41, 5.74) is 7.39. The van der Waals surface area contributed by atoms with Crippen molar-refractivity contribution in [2.45, 2.75) is 35.9 Å². The first-order valence-electron chi connectivity index (χ1n) is 9.65. The summed E-state index contributed by atoms with van der Waals surface area (Å²) in [4.78, 5) is 20.4. The van der Waals surface area contributed by atoms with Gasteiger partial charge in [-0.05, 0) is 25.0 Å². The molecule has 5 rings (SSSR count). The van der Waals surface area contributed by atoms with Gasteiger partial charge in [0.05, 0.1) is 18.7 Å². The molecule has 3 atom stereocenters. The molecule has 2 saturated heterocycles. The number of hydrogen-bond donors (Lipinski definition) is 2. The molecule has 0 saturated carbocycles. The average molecular weight is 511 g/mol. The van der Waals surface area contributed by atoms with E-state index in [1.54, 1.807) is 4.90 Å². The van der Waals surface area contributed by atoms with Gasteiger partial charge >= 0.3 is 0 Å². The number of ether oxygens (including phenoxy) is 2. The summed E-state index contributed by atoms with van der Waals surface area (Å²) >= 11 is 2.24. The van der Waals surface area contributed by atoms with Gasteiger partial charge in [-0.15, -0.1) is 0 Å². The van der Waals surface area contributed by atoms with Crippen molar-refractivity contribution < 1.29 is 19.4 Å². The monoisotopic (exact) mass is 511 g/mol. The molecule has 1 aromatic carbocycles. The molecule has 3 aliphatic heterocycles. The summed E-state index contributed by atoms with van der Waals surface area (Å²) in [5, 5.41) is 10.1. The number of aliphatic hydroxyl groups is 1. The number of amides is 1. The van der Waals surface area contributed by atoms with Crippen LogP contribution >= 0.6 is 22.6 Å². The molecule has 9 nitrogen and oxygen atoms in total. The van der Waals surface area contributed by atoms with Crippen LogP contribution in [0, 0.1) is 0 Å². The zero-order valence-electron chi connectivity index (χ0n) is 15.7. The van der Waals surface area contributed by atoms with Gasteiger partial charge in [0.2, 0.25) is 12.3 Å². The highest BCUT2D eigenvalue weighted by atomic mass is 127. The van der Waals surface area contributed by atoms with Crippen molar-refractivity contribution in [1.82, 2.24) is 9.55 Å². The van der Waals surface area contributed by atoms with Crippen LogP contribution in [0.2, 0.25) is 0 Å². The fourth-order valence-corrected chi connectivity index (χ4v) is 5.02. The van der Waals surface area contributed by atoms with Crippen molar-refractivity contribution in [3.8, 4) is 17.1 Å². The lowest BCUT2D eigenvalue weighted by Gasteiger charge is -2.25. The van der Waals surface area contributed by atoms with E-state index in [2.05, 4.69) is 22.6 Å². The number of benzene rings is 1. The quantitative estimate of drug-likeness (QED) is 0.363. The molecule has 0 radical (unpaired) electrons. The summed E-state index contributed by atoms with van der Waals surface area (Å²) in [5.74, 6) is 1.90. The Kier molecular flexibility index (Phi) is 4.79. The highest BCUT2D eigenvalue weighted by Crippen LogP contribution is 2.39. The second-order valence-corrected chi connectivity index (χ2v) is 8.84. The fraction of sp³-hybridized carbons (Fsp3) is 0.474. The first-order chi connectivity index (χ1) is 14.0. The van der Waals surface area contributed by atoms with E-state index in [1.807, 2.05) is 33.9 Å². The van der Waals surface area contributed by atoms with Crippen LogP contribution in [-0.4, -0.2) is 56.8 Å². The summed E-state index contributed by atoms with van der Waals surface area (Å²) in [6.45, 7) is 2.40. The van der Waals surface area contributed by atoms with Gasteiger partial charge in [0.1, 0.15) is 28.3 Å². The maximum absolute atomic E-state index is 11.8. The Bertz CT molecular complexity index is 941. The number of hydrogen-bond acceptors (Lipinski definition) is 7. The van der Waals surface area contributed by atoms with Crippen LogP contribution in [0.15, 0.2) is 24.4 Å². The number of aromatic nitrogens is 2. The number of imidazole rings is 1. The lowest BCUT2D eigenvalue weighted by Crippen LogP contribution is -2.40. The Balaban J connectivity index is 1.51. The number of aliphatic hydroxyl groups excluding tert-OH is 1. The minimum absolute atomic E-state index is 0.0146. The first-order valence-corrected chi connectivity index (χ1v) is 10.9. The minimum Gasteiger partial charge on any atom is -0.491 e. The van der Waals surface area contributed by atoms with Gasteiger partial charge in [-0.2, -0.15) is 0 Å². The van der Waals surface area contributed by atoms with Crippen LogP contribution in [-0.2, 0) is 16.1 Å². The van der Waals surface area contributed by atoms with E-state index in [4.69, 9.17) is 20.2 Å². The zero-order valence-corrected chi connectivity index (χ0v) is 17.9. The van der Waals surface area contributed by atoms with Gasteiger partial charge in [-0.3, -0.25) is 9.69 Å². The SMILES string of the molecule is NC(=O)[C@@H]1CCCN1c1ccc2c(c1)OCCn1cc(N3C(O)OC[C@H]3I)nc1-2. The number of primary amides is 1. The summed E-state index contributed by atoms with van der Waals surface area (Å²) in [6.07, 6.45) is 2.65. The predicted octanol–water partition coefficient (Wildman–Crippen LogP) is 1.27. The number of alkyl halides is 1. The molecule has 2 fully saturated rings. The molecule has 0 spiro atoms. The van der Waals surface area contributed by atoms with E-state index >= 15 is 0 Å². The van der Waals surface area contributed by atoms with E-state index < -0.39 is 6.41 Å². The van der Waals surface area contributed by atoms with Crippen LogP contribution in [0.1, 0.15) is 12.8 Å². The highest BCUT2D eigenvalue weighted by Gasteiger charge is 2.34. The highest BCUT2D eigenvalue weighted by molar-refractivity contribution is 14.1. The van der Waals surface area contributed by atoms with Crippen molar-refractivity contribution in [1.29, 1.82) is 0 Å². The van der Waals surface area contributed by atoms with Crippen LogP contribution in [0.4, 0.5) is 11.5 Å². The lowest BCUT2D eigenvalue weighted by atomic mass is 10.1. The van der Waals surface area contributed by atoms with Crippen LogP contribution in [0.5, 0.6) is 5.75 Å². The van der Waals surface area contributed by atoms with Crippen LogP contribution in [0.25, 0.3) is 11.4 Å². The molecule has 3 aliphatic rings. The summed E-state index contributed by atoms with van der Waals surface area (Å²) in [6, 6.07) is 5.66. The Morgan fingerprint density at radius 3 is 2.97 bits per heavy atom. The Labute approximate surface area is 181 Å². The maximum atomic E-state index is 11.8. The number of halogens is 1. The van der Waals surface area contributed by atoms with Gasteiger partial charge in [0.15, 0.2) is 5.82 Å². The maximum Gasteiger partial charge on any atom is 0.240 e. The molecular weight excluding hydrogens is 489 g/mol. The van der Waals surface area contributed by atoms with Crippen molar-refractivity contribution >= 4 is 40.0 Å².